The minimum absolute atomic E-state index is 0.108. The molecule has 0 bridgehead atoms. The number of hydrogen-bond acceptors (Lipinski definition) is 7. The van der Waals surface area contributed by atoms with Crippen LogP contribution in [0, 0.1) is 0 Å². The number of phenolic OH excluding ortho intramolecular Hbond substituents is 1. The van der Waals surface area contributed by atoms with E-state index in [0.29, 0.717) is 33.8 Å². The van der Waals surface area contributed by atoms with Crippen molar-refractivity contribution in [2.24, 2.45) is 0 Å². The quantitative estimate of drug-likeness (QED) is 0.639. The molecule has 1 amide bonds. The van der Waals surface area contributed by atoms with Gasteiger partial charge in [-0.25, -0.2) is 15.0 Å². The Morgan fingerprint density at radius 1 is 1.18 bits per heavy atom. The monoisotopic (exact) mass is 380 g/mol. The third-order valence-corrected chi connectivity index (χ3v) is 4.08. The maximum atomic E-state index is 12.2. The van der Waals surface area contributed by atoms with Crippen LogP contribution in [0.25, 0.3) is 22.0 Å². The van der Waals surface area contributed by atoms with Crippen LogP contribution in [0.15, 0.2) is 30.6 Å². The molecule has 3 rings (SSSR count). The van der Waals surface area contributed by atoms with Gasteiger partial charge in [0, 0.05) is 37.6 Å². The summed E-state index contributed by atoms with van der Waals surface area (Å²) in [7, 11) is 3.27. The molecule has 0 fully saturated rings. The molecule has 0 spiro atoms. The van der Waals surface area contributed by atoms with Crippen molar-refractivity contribution in [1.29, 1.82) is 0 Å². The van der Waals surface area contributed by atoms with E-state index < -0.39 is 0 Å². The molecule has 1 aromatic carbocycles. The fourth-order valence-electron chi connectivity index (χ4n) is 2.77. The number of rotatable bonds is 3. The highest BCUT2D eigenvalue weighted by atomic mass is 16.3. The number of anilines is 2. The van der Waals surface area contributed by atoms with Gasteiger partial charge < -0.3 is 21.1 Å². The zero-order valence-corrected chi connectivity index (χ0v) is 16.6. The van der Waals surface area contributed by atoms with E-state index in [2.05, 4.69) is 20.3 Å². The first-order valence-electron chi connectivity index (χ1n) is 8.81. The second-order valence-electron chi connectivity index (χ2n) is 7.82. The third kappa shape index (κ3) is 3.80. The molecule has 0 saturated heterocycles. The number of carbonyl (C=O) groups excluding carboxylic acids is 1. The molecule has 0 unspecified atom stereocenters. The Balaban J connectivity index is 2.14. The summed E-state index contributed by atoms with van der Waals surface area (Å²) < 4.78 is 0. The molecule has 146 valence electrons. The van der Waals surface area contributed by atoms with Crippen LogP contribution in [0.2, 0.25) is 0 Å². The molecule has 0 atom stereocenters. The number of nitrogens with one attached hydrogen (secondary N) is 1. The predicted octanol–water partition coefficient (Wildman–Crippen LogP) is 2.89. The molecule has 0 radical (unpaired) electrons. The minimum atomic E-state index is -0.275. The van der Waals surface area contributed by atoms with Gasteiger partial charge >= 0.3 is 0 Å². The summed E-state index contributed by atoms with van der Waals surface area (Å²) in [5.74, 6) is 0.409. The number of aromatic hydroxyl groups is 1. The number of fused-ring (bicyclic) bond motifs is 1. The van der Waals surface area contributed by atoms with Crippen LogP contribution < -0.4 is 11.1 Å². The van der Waals surface area contributed by atoms with Crippen molar-refractivity contribution in [3.05, 3.63) is 36.2 Å². The minimum Gasteiger partial charge on any atom is -0.507 e. The second kappa shape index (κ2) is 6.95. The molecule has 2 heterocycles. The standard InChI is InChI=1S/C20H24N6O2/c1-20(2,3)25-19-23-10-14-16(24-19)13(9-22-17(14)21)11-6-7-12(15(27)8-11)18(28)26(4)5/h6-10,27H,1-5H3,(H2,21,22)(H,23,24,25). The third-order valence-electron chi connectivity index (χ3n) is 4.08. The number of nitrogen functional groups attached to an aromatic ring is 1. The maximum Gasteiger partial charge on any atom is 0.257 e. The molecule has 0 aliphatic carbocycles. The summed E-state index contributed by atoms with van der Waals surface area (Å²) in [6, 6.07) is 4.87. The average molecular weight is 380 g/mol. The summed E-state index contributed by atoms with van der Waals surface area (Å²) in [4.78, 5) is 26.7. The Labute approximate surface area is 163 Å². The van der Waals surface area contributed by atoms with Crippen molar-refractivity contribution in [3.8, 4) is 16.9 Å². The summed E-state index contributed by atoms with van der Waals surface area (Å²) in [5.41, 5.74) is 7.98. The Kier molecular flexibility index (Phi) is 4.80. The van der Waals surface area contributed by atoms with Crippen LogP contribution in [0.5, 0.6) is 5.75 Å². The maximum absolute atomic E-state index is 12.2. The highest BCUT2D eigenvalue weighted by Crippen LogP contribution is 2.33. The summed E-state index contributed by atoms with van der Waals surface area (Å²) in [5, 5.41) is 14.2. The molecule has 2 aromatic heterocycles. The highest BCUT2D eigenvalue weighted by Gasteiger charge is 2.17. The second-order valence-corrected chi connectivity index (χ2v) is 7.82. The molecular formula is C20H24N6O2. The van der Waals surface area contributed by atoms with Crippen molar-refractivity contribution in [1.82, 2.24) is 19.9 Å². The van der Waals surface area contributed by atoms with Gasteiger partial charge in [0.15, 0.2) is 0 Å². The summed E-state index contributed by atoms with van der Waals surface area (Å²) >= 11 is 0. The average Bonchev–Trinajstić information content (AvgIpc) is 2.60. The van der Waals surface area contributed by atoms with Gasteiger partial charge in [-0.2, -0.15) is 0 Å². The van der Waals surface area contributed by atoms with Crippen LogP contribution >= 0.6 is 0 Å². The van der Waals surface area contributed by atoms with Gasteiger partial charge in [-0.3, -0.25) is 4.79 Å². The number of hydrogen-bond donors (Lipinski definition) is 3. The Morgan fingerprint density at radius 2 is 1.89 bits per heavy atom. The van der Waals surface area contributed by atoms with Gasteiger partial charge in [-0.1, -0.05) is 6.07 Å². The Bertz CT molecular complexity index is 1060. The normalized spacial score (nSPS) is 11.5. The number of amides is 1. The first kappa shape index (κ1) is 19.3. The molecule has 0 aliphatic heterocycles. The molecule has 8 heteroatoms. The van der Waals surface area contributed by atoms with Gasteiger partial charge in [-0.05, 0) is 38.5 Å². The molecular weight excluding hydrogens is 356 g/mol. The lowest BCUT2D eigenvalue weighted by Crippen LogP contribution is -2.27. The highest BCUT2D eigenvalue weighted by molar-refractivity contribution is 6.00. The molecule has 4 N–H and O–H groups in total. The topological polar surface area (TPSA) is 117 Å². The van der Waals surface area contributed by atoms with Crippen molar-refractivity contribution < 1.29 is 9.90 Å². The van der Waals surface area contributed by atoms with Crippen LogP contribution in [0.4, 0.5) is 11.8 Å². The van der Waals surface area contributed by atoms with Crippen LogP contribution in [0.1, 0.15) is 31.1 Å². The fraction of sp³-hybridized carbons (Fsp3) is 0.300. The lowest BCUT2D eigenvalue weighted by atomic mass is 10.0. The van der Waals surface area contributed by atoms with E-state index in [1.54, 1.807) is 38.6 Å². The number of aromatic nitrogens is 3. The predicted molar refractivity (Wildman–Crippen MR) is 110 cm³/mol. The van der Waals surface area contributed by atoms with E-state index in [1.807, 2.05) is 20.8 Å². The largest absolute Gasteiger partial charge is 0.507 e. The Hall–Kier alpha value is -3.42. The Morgan fingerprint density at radius 3 is 2.50 bits per heavy atom. The van der Waals surface area contributed by atoms with Crippen LogP contribution in [0.3, 0.4) is 0 Å². The fourth-order valence-corrected chi connectivity index (χ4v) is 2.77. The van der Waals surface area contributed by atoms with Gasteiger partial charge in [-0.15, -0.1) is 0 Å². The first-order chi connectivity index (χ1) is 13.1. The van der Waals surface area contributed by atoms with Crippen molar-refractivity contribution in [2.75, 3.05) is 25.1 Å². The smallest absolute Gasteiger partial charge is 0.257 e. The van der Waals surface area contributed by atoms with Crippen molar-refractivity contribution in [3.63, 3.8) is 0 Å². The van der Waals surface area contributed by atoms with Gasteiger partial charge in [0.2, 0.25) is 5.95 Å². The first-order valence-corrected chi connectivity index (χ1v) is 8.81. The molecule has 3 aromatic rings. The van der Waals surface area contributed by atoms with Crippen LogP contribution in [-0.2, 0) is 0 Å². The van der Waals surface area contributed by atoms with Gasteiger partial charge in [0.05, 0.1) is 16.5 Å². The van der Waals surface area contributed by atoms with Crippen molar-refractivity contribution >= 4 is 28.6 Å². The van der Waals surface area contributed by atoms with Crippen LogP contribution in [-0.4, -0.2) is 50.5 Å². The van der Waals surface area contributed by atoms with E-state index in [4.69, 9.17) is 5.73 Å². The van der Waals surface area contributed by atoms with E-state index in [-0.39, 0.29) is 22.8 Å². The van der Waals surface area contributed by atoms with E-state index in [0.717, 1.165) is 0 Å². The van der Waals surface area contributed by atoms with Gasteiger partial charge in [0.25, 0.3) is 5.91 Å². The van der Waals surface area contributed by atoms with Gasteiger partial charge in [0.1, 0.15) is 11.6 Å². The number of benzene rings is 1. The van der Waals surface area contributed by atoms with E-state index in [9.17, 15) is 9.90 Å². The number of phenols is 1. The summed E-state index contributed by atoms with van der Waals surface area (Å²) in [6.45, 7) is 6.04. The lowest BCUT2D eigenvalue weighted by Gasteiger charge is -2.20. The number of nitrogens with zero attached hydrogens (tertiary/aromatic N) is 4. The number of carbonyl (C=O) groups is 1. The zero-order valence-electron chi connectivity index (χ0n) is 16.6. The van der Waals surface area contributed by atoms with E-state index >= 15 is 0 Å². The van der Waals surface area contributed by atoms with E-state index in [1.165, 1.54) is 11.0 Å². The number of pyridine rings is 1. The molecule has 0 aliphatic rings. The van der Waals surface area contributed by atoms with Crippen molar-refractivity contribution in [2.45, 2.75) is 26.3 Å². The lowest BCUT2D eigenvalue weighted by molar-refractivity contribution is 0.0824. The summed E-state index contributed by atoms with van der Waals surface area (Å²) in [6.07, 6.45) is 3.24. The SMILES string of the molecule is CN(C)C(=O)c1ccc(-c2cnc(N)c3cnc(NC(C)(C)C)nc23)cc1O. The molecule has 28 heavy (non-hydrogen) atoms. The number of nitrogens with two attached hydrogens (primary N) is 1. The zero-order chi connectivity index (χ0) is 20.6. The molecule has 0 saturated carbocycles. The molecule has 8 nitrogen and oxygen atoms in total.